The van der Waals surface area contributed by atoms with Crippen LogP contribution in [0.3, 0.4) is 0 Å². The highest BCUT2D eigenvalue weighted by Gasteiger charge is 2.31. The summed E-state index contributed by atoms with van der Waals surface area (Å²) < 4.78 is 0. The number of nitrogens with zero attached hydrogens (tertiary/aromatic N) is 4. The van der Waals surface area contributed by atoms with Gasteiger partial charge in [0.15, 0.2) is 5.13 Å². The summed E-state index contributed by atoms with van der Waals surface area (Å²) in [7, 11) is 0. The molecule has 1 atom stereocenters. The predicted octanol–water partition coefficient (Wildman–Crippen LogP) is 2.89. The molecule has 2 amide bonds. The molecule has 2 aromatic rings. The predicted molar refractivity (Wildman–Crippen MR) is 131 cm³/mol. The first kappa shape index (κ1) is 23.5. The Kier molecular flexibility index (Phi) is 7.19. The number of phenolic OH excluding ortho intramolecular Hbond substituents is 1. The highest BCUT2D eigenvalue weighted by molar-refractivity contribution is 7.15. The second kappa shape index (κ2) is 10.1. The van der Waals surface area contributed by atoms with Crippen molar-refractivity contribution < 1.29 is 14.7 Å². The molecule has 2 fully saturated rings. The summed E-state index contributed by atoms with van der Waals surface area (Å²) in [6, 6.07) is 5.18. The number of piperazine rings is 1. The number of anilines is 2. The van der Waals surface area contributed by atoms with Crippen molar-refractivity contribution in [3.8, 4) is 5.75 Å². The number of likely N-dealkylation sites (tertiary alicyclic amines) is 1. The Bertz CT molecular complexity index is 1000. The molecule has 3 heterocycles. The average molecular weight is 472 g/mol. The molecule has 9 heteroatoms. The van der Waals surface area contributed by atoms with Crippen molar-refractivity contribution in [2.45, 2.75) is 33.1 Å². The van der Waals surface area contributed by atoms with E-state index in [1.807, 2.05) is 31.0 Å². The second-order valence-electron chi connectivity index (χ2n) is 9.26. The van der Waals surface area contributed by atoms with E-state index in [-0.39, 0.29) is 29.4 Å². The van der Waals surface area contributed by atoms with Gasteiger partial charge in [-0.1, -0.05) is 13.8 Å². The Hall–Kier alpha value is -2.65. The number of aromatic nitrogens is 1. The minimum atomic E-state index is -0.140. The summed E-state index contributed by atoms with van der Waals surface area (Å²) in [4.78, 5) is 37.5. The zero-order valence-electron chi connectivity index (χ0n) is 19.6. The van der Waals surface area contributed by atoms with Crippen LogP contribution < -0.4 is 10.2 Å². The number of carbonyl (C=O) groups is 2. The van der Waals surface area contributed by atoms with E-state index in [0.29, 0.717) is 31.9 Å². The van der Waals surface area contributed by atoms with Gasteiger partial charge in [0.25, 0.3) is 0 Å². The molecular weight excluding hydrogens is 438 g/mol. The van der Waals surface area contributed by atoms with Crippen molar-refractivity contribution in [1.29, 1.82) is 0 Å². The van der Waals surface area contributed by atoms with Gasteiger partial charge in [-0.25, -0.2) is 4.98 Å². The number of phenols is 1. The normalized spacial score (nSPS) is 19.3. The molecule has 2 saturated heterocycles. The van der Waals surface area contributed by atoms with Crippen LogP contribution in [-0.2, 0) is 9.59 Å². The van der Waals surface area contributed by atoms with Gasteiger partial charge >= 0.3 is 0 Å². The van der Waals surface area contributed by atoms with Crippen LogP contribution in [0.25, 0.3) is 0 Å². The Morgan fingerprint density at radius 2 is 1.97 bits per heavy atom. The number of nitrogens with one attached hydrogen (secondary N) is 1. The molecule has 2 aliphatic rings. The van der Waals surface area contributed by atoms with Crippen molar-refractivity contribution in [1.82, 2.24) is 14.8 Å². The fraction of sp³-hybridized carbons (Fsp3) is 0.542. The van der Waals surface area contributed by atoms with Gasteiger partial charge in [-0.3, -0.25) is 14.5 Å². The van der Waals surface area contributed by atoms with E-state index in [2.05, 4.69) is 27.0 Å². The Morgan fingerprint density at radius 1 is 1.21 bits per heavy atom. The van der Waals surface area contributed by atoms with E-state index < -0.39 is 0 Å². The number of benzene rings is 1. The zero-order valence-corrected chi connectivity index (χ0v) is 20.4. The summed E-state index contributed by atoms with van der Waals surface area (Å²) in [5.74, 6) is 0.376. The van der Waals surface area contributed by atoms with Gasteiger partial charge < -0.3 is 20.2 Å². The summed E-state index contributed by atoms with van der Waals surface area (Å²) in [6.07, 6.45) is 2.63. The maximum Gasteiger partial charge on any atom is 0.236 e. The molecule has 1 aromatic carbocycles. The Labute approximate surface area is 199 Å². The first-order chi connectivity index (χ1) is 15.8. The smallest absolute Gasteiger partial charge is 0.236 e. The standard InChI is InChI=1S/C24H33N5O3S/c1-16(2)20-12-19(4-5-21(20)30)26-23(32)18-6-7-27(14-18)15-22(31)28-8-10-29(11-9-28)24-25-13-17(3)33-24/h4-5,12-13,16,18,30H,6-11,14-15H2,1-3H3,(H,26,32)/t18-/m1/s1. The van der Waals surface area contributed by atoms with Crippen LogP contribution in [0, 0.1) is 12.8 Å². The van der Waals surface area contributed by atoms with Crippen LogP contribution in [-0.4, -0.2) is 77.5 Å². The summed E-state index contributed by atoms with van der Waals surface area (Å²) in [5, 5.41) is 14.0. The molecule has 8 nitrogen and oxygen atoms in total. The van der Waals surface area contributed by atoms with Gasteiger partial charge in [0.1, 0.15) is 5.75 Å². The first-order valence-corrected chi connectivity index (χ1v) is 12.4. The van der Waals surface area contributed by atoms with Crippen molar-refractivity contribution in [3.63, 3.8) is 0 Å². The number of hydrogen-bond donors (Lipinski definition) is 2. The topological polar surface area (TPSA) is 89.0 Å². The number of rotatable bonds is 6. The lowest BCUT2D eigenvalue weighted by Crippen LogP contribution is -2.51. The lowest BCUT2D eigenvalue weighted by Gasteiger charge is -2.35. The average Bonchev–Trinajstić information content (AvgIpc) is 3.44. The molecule has 0 radical (unpaired) electrons. The van der Waals surface area contributed by atoms with Crippen LogP contribution in [0.4, 0.5) is 10.8 Å². The molecule has 2 aliphatic heterocycles. The summed E-state index contributed by atoms with van der Waals surface area (Å²) in [5.41, 5.74) is 1.51. The zero-order chi connectivity index (χ0) is 23.5. The van der Waals surface area contributed by atoms with E-state index in [4.69, 9.17) is 0 Å². The second-order valence-corrected chi connectivity index (χ2v) is 10.5. The van der Waals surface area contributed by atoms with Gasteiger partial charge in [-0.05, 0) is 49.6 Å². The number of thiazole rings is 1. The third kappa shape index (κ3) is 5.65. The Balaban J connectivity index is 1.24. The molecule has 33 heavy (non-hydrogen) atoms. The van der Waals surface area contributed by atoms with Crippen molar-refractivity contribution >= 4 is 34.0 Å². The molecule has 0 bridgehead atoms. The van der Waals surface area contributed by atoms with E-state index in [1.165, 1.54) is 4.88 Å². The first-order valence-electron chi connectivity index (χ1n) is 11.6. The number of aryl methyl sites for hydroxylation is 1. The van der Waals surface area contributed by atoms with Crippen LogP contribution in [0.2, 0.25) is 0 Å². The number of carbonyl (C=O) groups excluding carboxylic acids is 2. The minimum Gasteiger partial charge on any atom is -0.508 e. The molecule has 0 aliphatic carbocycles. The number of hydrogen-bond acceptors (Lipinski definition) is 7. The third-order valence-corrected chi connectivity index (χ3v) is 7.40. The third-order valence-electron chi connectivity index (χ3n) is 6.43. The Morgan fingerprint density at radius 3 is 2.64 bits per heavy atom. The van der Waals surface area contributed by atoms with Crippen LogP contribution >= 0.6 is 11.3 Å². The highest BCUT2D eigenvalue weighted by atomic mass is 32.1. The van der Waals surface area contributed by atoms with Gasteiger partial charge in [-0.2, -0.15) is 0 Å². The maximum absolute atomic E-state index is 12.8. The summed E-state index contributed by atoms with van der Waals surface area (Å²) >= 11 is 1.69. The van der Waals surface area contributed by atoms with Crippen molar-refractivity contribution in [3.05, 3.63) is 34.8 Å². The van der Waals surface area contributed by atoms with Gasteiger partial charge in [-0.15, -0.1) is 11.3 Å². The molecule has 0 spiro atoms. The van der Waals surface area contributed by atoms with Gasteiger partial charge in [0, 0.05) is 49.5 Å². The highest BCUT2D eigenvalue weighted by Crippen LogP contribution is 2.29. The van der Waals surface area contributed by atoms with Crippen LogP contribution in [0.1, 0.15) is 36.6 Å². The fourth-order valence-electron chi connectivity index (χ4n) is 4.46. The lowest BCUT2D eigenvalue weighted by atomic mass is 10.0. The quantitative estimate of drug-likeness (QED) is 0.630. The minimum absolute atomic E-state index is 0.0299. The SMILES string of the molecule is Cc1cnc(N2CCN(C(=O)CN3CC[C@@H](C(=O)Nc4ccc(O)c(C(C)C)c4)C3)CC2)s1. The molecule has 0 saturated carbocycles. The molecule has 178 valence electrons. The van der Waals surface area contributed by atoms with Crippen molar-refractivity contribution in [2.75, 3.05) is 56.0 Å². The monoisotopic (exact) mass is 471 g/mol. The molecule has 0 unspecified atom stereocenters. The van der Waals surface area contributed by atoms with Crippen LogP contribution in [0.5, 0.6) is 5.75 Å². The molecule has 2 N–H and O–H groups in total. The van der Waals surface area contributed by atoms with Crippen LogP contribution in [0.15, 0.2) is 24.4 Å². The number of amides is 2. The van der Waals surface area contributed by atoms with E-state index in [0.717, 1.165) is 36.8 Å². The van der Waals surface area contributed by atoms with E-state index in [1.54, 1.807) is 23.5 Å². The molecule has 4 rings (SSSR count). The van der Waals surface area contributed by atoms with Gasteiger partial charge in [0.2, 0.25) is 11.8 Å². The fourth-order valence-corrected chi connectivity index (χ4v) is 5.27. The van der Waals surface area contributed by atoms with Crippen molar-refractivity contribution in [2.24, 2.45) is 5.92 Å². The lowest BCUT2D eigenvalue weighted by molar-refractivity contribution is -0.132. The molecule has 1 aromatic heterocycles. The van der Waals surface area contributed by atoms with E-state index in [9.17, 15) is 14.7 Å². The number of aromatic hydroxyl groups is 1. The molecular formula is C24H33N5O3S. The largest absolute Gasteiger partial charge is 0.508 e. The van der Waals surface area contributed by atoms with E-state index >= 15 is 0 Å². The summed E-state index contributed by atoms with van der Waals surface area (Å²) in [6.45, 7) is 10.8. The maximum atomic E-state index is 12.8. The van der Waals surface area contributed by atoms with Gasteiger partial charge in [0.05, 0.1) is 12.5 Å².